The molecule has 0 fully saturated rings. The first-order valence-corrected chi connectivity index (χ1v) is 6.95. The van der Waals surface area contributed by atoms with E-state index in [1.807, 2.05) is 6.07 Å². The van der Waals surface area contributed by atoms with Crippen LogP contribution in [0.25, 0.3) is 0 Å². The molecule has 4 nitrogen and oxygen atoms in total. The first-order valence-electron chi connectivity index (χ1n) is 6.16. The predicted octanol–water partition coefficient (Wildman–Crippen LogP) is 2.97. The average Bonchev–Trinajstić information content (AvgIpc) is 2.74. The van der Waals surface area contributed by atoms with Crippen LogP contribution in [0.3, 0.4) is 0 Å². The van der Waals surface area contributed by atoms with E-state index in [0.717, 1.165) is 28.6 Å². The molecule has 0 aliphatic carbocycles. The topological polar surface area (TPSA) is 45.6 Å². The largest absolute Gasteiger partial charge is 0.273 e. The summed E-state index contributed by atoms with van der Waals surface area (Å²) in [5.41, 5.74) is 1.71. The molecule has 0 bridgehead atoms. The second-order valence-electron chi connectivity index (χ2n) is 4.32. The van der Waals surface area contributed by atoms with Crippen molar-refractivity contribution in [2.45, 2.75) is 39.2 Å². The van der Waals surface area contributed by atoms with Crippen LogP contribution in [-0.4, -0.2) is 27.7 Å². The van der Waals surface area contributed by atoms with Crippen molar-refractivity contribution in [3.63, 3.8) is 0 Å². The van der Waals surface area contributed by atoms with E-state index in [2.05, 4.69) is 39.9 Å². The minimum atomic E-state index is 0.0821. The fraction of sp³-hybridized carbons (Fsp3) is 0.462. The molecule has 18 heavy (non-hydrogen) atoms. The van der Waals surface area contributed by atoms with E-state index in [1.54, 1.807) is 17.4 Å². The summed E-state index contributed by atoms with van der Waals surface area (Å²) in [5, 5.41) is 6.10. The lowest BCUT2D eigenvalue weighted by Crippen LogP contribution is -2.31. The molecule has 2 rings (SSSR count). The molecule has 0 unspecified atom stereocenters. The zero-order chi connectivity index (χ0) is 13.1. The molecule has 1 aromatic heterocycles. The van der Waals surface area contributed by atoms with E-state index in [9.17, 15) is 4.79 Å². The fourth-order valence-corrected chi connectivity index (χ4v) is 2.46. The van der Waals surface area contributed by atoms with Gasteiger partial charge in [0.25, 0.3) is 0 Å². The van der Waals surface area contributed by atoms with E-state index in [4.69, 9.17) is 0 Å². The highest BCUT2D eigenvalue weighted by Gasteiger charge is 2.29. The number of carbonyl (C=O) groups excluding carboxylic acids is 1. The number of pyridine rings is 1. The highest BCUT2D eigenvalue weighted by atomic mass is 79.9. The molecule has 0 saturated heterocycles. The van der Waals surface area contributed by atoms with Crippen molar-refractivity contribution in [1.82, 2.24) is 9.99 Å². The van der Waals surface area contributed by atoms with Crippen LogP contribution in [-0.2, 0) is 4.79 Å². The Kier molecular flexibility index (Phi) is 4.11. The Balaban J connectivity index is 2.26. The zero-order valence-electron chi connectivity index (χ0n) is 10.6. The molecule has 0 radical (unpaired) electrons. The van der Waals surface area contributed by atoms with Gasteiger partial charge in [-0.25, -0.2) is 5.01 Å². The van der Waals surface area contributed by atoms with Gasteiger partial charge in [-0.3, -0.25) is 9.78 Å². The number of amides is 1. The van der Waals surface area contributed by atoms with Gasteiger partial charge in [-0.05, 0) is 34.8 Å². The first-order chi connectivity index (χ1) is 8.65. The third-order valence-corrected chi connectivity index (χ3v) is 3.56. The molecule has 1 aromatic rings. The van der Waals surface area contributed by atoms with Crippen LogP contribution in [0.1, 0.15) is 38.7 Å². The van der Waals surface area contributed by atoms with Crippen LogP contribution in [0.5, 0.6) is 0 Å². The number of nitrogens with zero attached hydrogens (tertiary/aromatic N) is 3. The number of rotatable bonds is 4. The number of hydrogen-bond donors (Lipinski definition) is 0. The Morgan fingerprint density at radius 1 is 1.39 bits per heavy atom. The van der Waals surface area contributed by atoms with E-state index in [0.29, 0.717) is 6.42 Å². The van der Waals surface area contributed by atoms with Crippen LogP contribution in [0.15, 0.2) is 28.0 Å². The molecule has 96 valence electrons. The van der Waals surface area contributed by atoms with Gasteiger partial charge in [-0.15, -0.1) is 0 Å². The zero-order valence-corrected chi connectivity index (χ0v) is 12.1. The van der Waals surface area contributed by atoms with Crippen molar-refractivity contribution in [3.8, 4) is 0 Å². The van der Waals surface area contributed by atoms with Gasteiger partial charge >= 0.3 is 0 Å². The first kappa shape index (κ1) is 13.2. The molecule has 0 saturated carbocycles. The number of hydrogen-bond acceptors (Lipinski definition) is 3. The third kappa shape index (κ3) is 2.61. The summed E-state index contributed by atoms with van der Waals surface area (Å²) in [4.78, 5) is 16.1. The summed E-state index contributed by atoms with van der Waals surface area (Å²) < 4.78 is 0.899. The SMILES string of the molecule is CCC(CC)N1N=C(c2cncc(Br)c2)CC1=O. The summed E-state index contributed by atoms with van der Waals surface area (Å²) in [6, 6.07) is 2.14. The van der Waals surface area contributed by atoms with Crippen molar-refractivity contribution in [2.75, 3.05) is 0 Å². The Labute approximate surface area is 115 Å². The molecule has 0 N–H and O–H groups in total. The second kappa shape index (κ2) is 5.61. The Bertz CT molecular complexity index is 483. The van der Waals surface area contributed by atoms with Gasteiger partial charge in [0.2, 0.25) is 5.91 Å². The number of hydrazone groups is 1. The minimum absolute atomic E-state index is 0.0821. The second-order valence-corrected chi connectivity index (χ2v) is 5.24. The van der Waals surface area contributed by atoms with Crippen molar-refractivity contribution in [3.05, 3.63) is 28.5 Å². The lowest BCUT2D eigenvalue weighted by Gasteiger charge is -2.21. The van der Waals surface area contributed by atoms with Gasteiger partial charge < -0.3 is 0 Å². The molecular formula is C13H16BrN3O. The van der Waals surface area contributed by atoms with Crippen molar-refractivity contribution >= 4 is 27.5 Å². The van der Waals surface area contributed by atoms with E-state index in [1.165, 1.54) is 0 Å². The maximum absolute atomic E-state index is 12.0. The van der Waals surface area contributed by atoms with E-state index in [-0.39, 0.29) is 11.9 Å². The molecule has 1 aliphatic heterocycles. The van der Waals surface area contributed by atoms with E-state index >= 15 is 0 Å². The summed E-state index contributed by atoms with van der Waals surface area (Å²) in [7, 11) is 0. The maximum atomic E-state index is 12.0. The summed E-state index contributed by atoms with van der Waals surface area (Å²) in [5.74, 6) is 0.0821. The van der Waals surface area contributed by atoms with Crippen LogP contribution in [0, 0.1) is 0 Å². The third-order valence-electron chi connectivity index (χ3n) is 3.13. The van der Waals surface area contributed by atoms with Crippen LogP contribution in [0.2, 0.25) is 0 Å². The normalized spacial score (nSPS) is 15.4. The number of halogens is 1. The molecule has 0 atom stereocenters. The minimum Gasteiger partial charge on any atom is -0.273 e. The standard InChI is InChI=1S/C13H16BrN3O/c1-3-11(4-2)17-13(18)6-12(16-17)9-5-10(14)8-15-7-9/h5,7-8,11H,3-4,6H2,1-2H3. The average molecular weight is 310 g/mol. The maximum Gasteiger partial charge on any atom is 0.249 e. The van der Waals surface area contributed by atoms with Gasteiger partial charge in [0.15, 0.2) is 0 Å². The predicted molar refractivity (Wildman–Crippen MR) is 74.3 cm³/mol. The summed E-state index contributed by atoms with van der Waals surface area (Å²) in [6.45, 7) is 4.16. The van der Waals surface area contributed by atoms with Gasteiger partial charge in [0.05, 0.1) is 18.2 Å². The number of carbonyl (C=O) groups is 1. The quantitative estimate of drug-likeness (QED) is 0.858. The van der Waals surface area contributed by atoms with Crippen molar-refractivity contribution < 1.29 is 4.79 Å². The number of aromatic nitrogens is 1. The molecule has 1 amide bonds. The molecule has 2 heterocycles. The molecule has 0 spiro atoms. The summed E-state index contributed by atoms with van der Waals surface area (Å²) in [6.07, 6.45) is 5.69. The summed E-state index contributed by atoms with van der Waals surface area (Å²) >= 11 is 3.38. The Morgan fingerprint density at radius 2 is 2.11 bits per heavy atom. The van der Waals surface area contributed by atoms with Gasteiger partial charge in [0, 0.05) is 22.4 Å². The smallest absolute Gasteiger partial charge is 0.249 e. The monoisotopic (exact) mass is 309 g/mol. The van der Waals surface area contributed by atoms with Gasteiger partial charge in [-0.2, -0.15) is 5.10 Å². The van der Waals surface area contributed by atoms with Crippen LogP contribution >= 0.6 is 15.9 Å². The lowest BCUT2D eigenvalue weighted by atomic mass is 10.1. The molecule has 1 aliphatic rings. The Hall–Kier alpha value is -1.23. The molecule has 0 aromatic carbocycles. The Morgan fingerprint density at radius 3 is 2.72 bits per heavy atom. The lowest BCUT2D eigenvalue weighted by molar-refractivity contribution is -0.130. The van der Waals surface area contributed by atoms with Crippen molar-refractivity contribution in [1.29, 1.82) is 0 Å². The highest BCUT2D eigenvalue weighted by molar-refractivity contribution is 9.10. The van der Waals surface area contributed by atoms with Crippen LogP contribution in [0.4, 0.5) is 0 Å². The van der Waals surface area contributed by atoms with Crippen LogP contribution < -0.4 is 0 Å². The van der Waals surface area contributed by atoms with Gasteiger partial charge in [0.1, 0.15) is 0 Å². The molecular weight excluding hydrogens is 294 g/mol. The van der Waals surface area contributed by atoms with Crippen molar-refractivity contribution in [2.24, 2.45) is 5.10 Å². The fourth-order valence-electron chi connectivity index (χ4n) is 2.09. The van der Waals surface area contributed by atoms with Gasteiger partial charge in [-0.1, -0.05) is 13.8 Å². The molecule has 5 heteroatoms. The van der Waals surface area contributed by atoms with E-state index < -0.39 is 0 Å². The highest BCUT2D eigenvalue weighted by Crippen LogP contribution is 2.21.